The van der Waals surface area contributed by atoms with Crippen LogP contribution in [0, 0.1) is 0 Å². The van der Waals surface area contributed by atoms with E-state index in [9.17, 15) is 0 Å². The third-order valence-electron chi connectivity index (χ3n) is 2.80. The van der Waals surface area contributed by atoms with Crippen molar-refractivity contribution in [2.45, 2.75) is 26.4 Å². The van der Waals surface area contributed by atoms with Crippen LogP contribution in [0.2, 0.25) is 0 Å². The molecule has 1 N–H and O–H groups in total. The molecule has 0 spiro atoms. The van der Waals surface area contributed by atoms with Crippen LogP contribution in [0.25, 0.3) is 10.6 Å². The Morgan fingerprint density at radius 2 is 2.22 bits per heavy atom. The topological polar surface area (TPSA) is 36.4 Å². The Kier molecular flexibility index (Phi) is 4.88. The predicted octanol–water partition coefficient (Wildman–Crippen LogP) is 3.07. The first-order valence-electron chi connectivity index (χ1n) is 6.02. The van der Waals surface area contributed by atoms with E-state index >= 15 is 0 Å². The molecule has 2 aromatic heterocycles. The van der Waals surface area contributed by atoms with Gasteiger partial charge in [-0.1, -0.05) is 0 Å². The number of thiazole rings is 1. The minimum atomic E-state index is 0.194. The average molecular weight is 282 g/mol. The normalized spacial score (nSPS) is 11.6. The molecule has 2 rings (SSSR count). The number of aliphatic hydroxyl groups excluding tert-OH is 1. The Morgan fingerprint density at radius 3 is 2.83 bits per heavy atom. The first kappa shape index (κ1) is 13.7. The van der Waals surface area contributed by atoms with Gasteiger partial charge < -0.3 is 5.11 Å². The van der Waals surface area contributed by atoms with Crippen LogP contribution in [0.3, 0.4) is 0 Å². The highest BCUT2D eigenvalue weighted by molar-refractivity contribution is 7.14. The largest absolute Gasteiger partial charge is 0.395 e. The smallest absolute Gasteiger partial charge is 0.124 e. The molecule has 0 amide bonds. The molecular weight excluding hydrogens is 264 g/mol. The Balaban J connectivity index is 2.06. The second-order valence-electron chi connectivity index (χ2n) is 4.44. The summed E-state index contributed by atoms with van der Waals surface area (Å²) in [6, 6.07) is 2.52. The van der Waals surface area contributed by atoms with Gasteiger partial charge in [0, 0.05) is 35.5 Å². The maximum Gasteiger partial charge on any atom is 0.124 e. The summed E-state index contributed by atoms with van der Waals surface area (Å²) in [6.45, 7) is 5.98. The lowest BCUT2D eigenvalue weighted by Crippen LogP contribution is -2.32. The summed E-state index contributed by atoms with van der Waals surface area (Å²) in [6.07, 6.45) is 0. The Labute approximate surface area is 116 Å². The van der Waals surface area contributed by atoms with Crippen molar-refractivity contribution in [1.29, 1.82) is 0 Å². The van der Waals surface area contributed by atoms with E-state index in [4.69, 9.17) is 5.11 Å². The third kappa shape index (κ3) is 3.38. The zero-order chi connectivity index (χ0) is 13.0. The van der Waals surface area contributed by atoms with E-state index in [0.29, 0.717) is 12.6 Å². The van der Waals surface area contributed by atoms with Crippen LogP contribution >= 0.6 is 22.7 Å². The molecule has 0 saturated carbocycles. The molecule has 0 saturated heterocycles. The lowest BCUT2D eigenvalue weighted by atomic mass is 10.3. The molecule has 0 aliphatic carbocycles. The quantitative estimate of drug-likeness (QED) is 0.884. The summed E-state index contributed by atoms with van der Waals surface area (Å²) in [5, 5.41) is 16.4. The van der Waals surface area contributed by atoms with Gasteiger partial charge in [0.15, 0.2) is 0 Å². The highest BCUT2D eigenvalue weighted by Gasteiger charge is 2.12. The number of aliphatic hydroxyl groups is 1. The summed E-state index contributed by atoms with van der Waals surface area (Å²) in [4.78, 5) is 6.89. The van der Waals surface area contributed by atoms with E-state index in [-0.39, 0.29) is 6.61 Å². The van der Waals surface area contributed by atoms with E-state index in [2.05, 4.69) is 45.9 Å². The molecule has 5 heteroatoms. The molecule has 98 valence electrons. The van der Waals surface area contributed by atoms with Crippen molar-refractivity contribution in [3.05, 3.63) is 27.9 Å². The fraction of sp³-hybridized carbons (Fsp3) is 0.462. The van der Waals surface area contributed by atoms with E-state index in [1.165, 1.54) is 5.56 Å². The van der Waals surface area contributed by atoms with Gasteiger partial charge in [-0.05, 0) is 25.3 Å². The summed E-state index contributed by atoms with van der Waals surface area (Å²) in [7, 11) is 0. The van der Waals surface area contributed by atoms with Crippen LogP contribution in [0.4, 0.5) is 0 Å². The van der Waals surface area contributed by atoms with E-state index in [1.807, 2.05) is 0 Å². The van der Waals surface area contributed by atoms with E-state index < -0.39 is 0 Å². The molecule has 0 aromatic carbocycles. The van der Waals surface area contributed by atoms with Crippen LogP contribution in [0.1, 0.15) is 19.5 Å². The van der Waals surface area contributed by atoms with Crippen LogP contribution < -0.4 is 0 Å². The van der Waals surface area contributed by atoms with Gasteiger partial charge in [-0.25, -0.2) is 4.98 Å². The van der Waals surface area contributed by atoms with Gasteiger partial charge in [0.1, 0.15) is 5.01 Å². The number of hydrogen-bond donors (Lipinski definition) is 1. The van der Waals surface area contributed by atoms with Crippen molar-refractivity contribution in [3.63, 3.8) is 0 Å². The van der Waals surface area contributed by atoms with E-state index in [0.717, 1.165) is 17.2 Å². The molecule has 0 unspecified atom stereocenters. The fourth-order valence-electron chi connectivity index (χ4n) is 1.75. The standard InChI is InChI=1S/C13H18N2OS2/c1-10(2)15(4-5-16)7-12-9-18-13(14-12)11-3-6-17-8-11/h3,6,8-10,16H,4-5,7H2,1-2H3. The molecular formula is C13H18N2OS2. The minimum Gasteiger partial charge on any atom is -0.395 e. The molecule has 18 heavy (non-hydrogen) atoms. The number of rotatable bonds is 6. The molecule has 2 aromatic rings. The monoisotopic (exact) mass is 282 g/mol. The van der Waals surface area contributed by atoms with Crippen molar-refractivity contribution in [2.24, 2.45) is 0 Å². The predicted molar refractivity (Wildman–Crippen MR) is 78.1 cm³/mol. The Hall–Kier alpha value is -0.750. The summed E-state index contributed by atoms with van der Waals surface area (Å²) in [5.74, 6) is 0. The second-order valence-corrected chi connectivity index (χ2v) is 6.08. The van der Waals surface area contributed by atoms with Gasteiger partial charge in [-0.2, -0.15) is 11.3 Å². The number of thiophene rings is 1. The van der Waals surface area contributed by atoms with Crippen molar-refractivity contribution in [3.8, 4) is 10.6 Å². The summed E-state index contributed by atoms with van der Waals surface area (Å²) in [5.41, 5.74) is 2.29. The zero-order valence-corrected chi connectivity index (χ0v) is 12.3. The summed E-state index contributed by atoms with van der Waals surface area (Å²) < 4.78 is 0. The van der Waals surface area contributed by atoms with Crippen molar-refractivity contribution >= 4 is 22.7 Å². The second kappa shape index (κ2) is 6.43. The first-order valence-corrected chi connectivity index (χ1v) is 7.85. The minimum absolute atomic E-state index is 0.194. The highest BCUT2D eigenvalue weighted by Crippen LogP contribution is 2.26. The van der Waals surface area contributed by atoms with E-state index in [1.54, 1.807) is 22.7 Å². The van der Waals surface area contributed by atoms with Gasteiger partial charge in [-0.15, -0.1) is 11.3 Å². The number of hydrogen-bond acceptors (Lipinski definition) is 5. The molecule has 0 radical (unpaired) electrons. The molecule has 0 fully saturated rings. The maximum atomic E-state index is 9.06. The molecule has 3 nitrogen and oxygen atoms in total. The molecule has 0 atom stereocenters. The van der Waals surface area contributed by atoms with Gasteiger partial charge in [-0.3, -0.25) is 4.90 Å². The number of nitrogens with zero attached hydrogens (tertiary/aromatic N) is 2. The highest BCUT2D eigenvalue weighted by atomic mass is 32.1. The van der Waals surface area contributed by atoms with Crippen LogP contribution in [-0.2, 0) is 6.54 Å². The van der Waals surface area contributed by atoms with Crippen LogP contribution in [0.5, 0.6) is 0 Å². The summed E-state index contributed by atoms with van der Waals surface area (Å²) >= 11 is 3.38. The van der Waals surface area contributed by atoms with Crippen molar-refractivity contribution in [1.82, 2.24) is 9.88 Å². The lowest BCUT2D eigenvalue weighted by molar-refractivity contribution is 0.158. The van der Waals surface area contributed by atoms with Gasteiger partial charge >= 0.3 is 0 Å². The zero-order valence-electron chi connectivity index (χ0n) is 10.7. The molecule has 0 aliphatic heterocycles. The SMILES string of the molecule is CC(C)N(CCO)Cc1csc(-c2ccsc2)n1. The molecule has 0 bridgehead atoms. The fourth-order valence-corrected chi connectivity index (χ4v) is 3.28. The maximum absolute atomic E-state index is 9.06. The lowest BCUT2D eigenvalue weighted by Gasteiger charge is -2.24. The first-order chi connectivity index (χ1) is 8.70. The number of aromatic nitrogens is 1. The van der Waals surface area contributed by atoms with Crippen LogP contribution in [-0.4, -0.2) is 34.2 Å². The van der Waals surface area contributed by atoms with Gasteiger partial charge in [0.05, 0.1) is 12.3 Å². The average Bonchev–Trinajstić information content (AvgIpc) is 2.98. The van der Waals surface area contributed by atoms with Crippen molar-refractivity contribution in [2.75, 3.05) is 13.2 Å². The van der Waals surface area contributed by atoms with Gasteiger partial charge in [0.2, 0.25) is 0 Å². The van der Waals surface area contributed by atoms with Gasteiger partial charge in [0.25, 0.3) is 0 Å². The Morgan fingerprint density at radius 1 is 1.39 bits per heavy atom. The van der Waals surface area contributed by atoms with Crippen LogP contribution in [0.15, 0.2) is 22.2 Å². The van der Waals surface area contributed by atoms with Crippen molar-refractivity contribution < 1.29 is 5.11 Å². The third-order valence-corrected chi connectivity index (χ3v) is 4.43. The molecule has 0 aliphatic rings. The Bertz CT molecular complexity index is 465. The molecule has 2 heterocycles.